The SMILES string of the molecule is CC1CCC(CO)(NC(=O)c2ccccc2Br)CC1. The highest BCUT2D eigenvalue weighted by molar-refractivity contribution is 9.10. The van der Waals surface area contributed by atoms with Crippen LogP contribution in [-0.2, 0) is 0 Å². The minimum Gasteiger partial charge on any atom is -0.394 e. The first kappa shape index (κ1) is 14.5. The molecule has 1 aliphatic carbocycles. The zero-order chi connectivity index (χ0) is 13.9. The molecule has 0 unspecified atom stereocenters. The average molecular weight is 326 g/mol. The van der Waals surface area contributed by atoms with Gasteiger partial charge in [0.15, 0.2) is 0 Å². The van der Waals surface area contributed by atoms with Gasteiger partial charge in [-0.3, -0.25) is 4.79 Å². The molecule has 0 aliphatic heterocycles. The van der Waals surface area contributed by atoms with E-state index >= 15 is 0 Å². The zero-order valence-electron chi connectivity index (χ0n) is 11.2. The Kier molecular flexibility index (Phi) is 4.63. The first-order valence-corrected chi connectivity index (χ1v) is 7.53. The Bertz CT molecular complexity index is 453. The molecule has 0 saturated heterocycles. The average Bonchev–Trinajstić information content (AvgIpc) is 2.42. The van der Waals surface area contributed by atoms with E-state index in [-0.39, 0.29) is 12.5 Å². The van der Waals surface area contributed by atoms with Crippen molar-refractivity contribution in [1.29, 1.82) is 0 Å². The van der Waals surface area contributed by atoms with Crippen molar-refractivity contribution >= 4 is 21.8 Å². The summed E-state index contributed by atoms with van der Waals surface area (Å²) in [5, 5.41) is 12.7. The summed E-state index contributed by atoms with van der Waals surface area (Å²) in [7, 11) is 0. The number of aliphatic hydroxyl groups is 1. The summed E-state index contributed by atoms with van der Waals surface area (Å²) in [5.41, 5.74) is 0.174. The standard InChI is InChI=1S/C15H20BrNO2/c1-11-6-8-15(10-18,9-7-11)17-14(19)12-4-2-3-5-13(12)16/h2-5,11,18H,6-10H2,1H3,(H,17,19). The van der Waals surface area contributed by atoms with Crippen LogP contribution in [0.25, 0.3) is 0 Å². The van der Waals surface area contributed by atoms with E-state index in [0.29, 0.717) is 11.5 Å². The molecule has 2 rings (SSSR count). The predicted molar refractivity (Wildman–Crippen MR) is 79.1 cm³/mol. The van der Waals surface area contributed by atoms with Crippen molar-refractivity contribution in [1.82, 2.24) is 5.32 Å². The summed E-state index contributed by atoms with van der Waals surface area (Å²) in [6.45, 7) is 2.23. The van der Waals surface area contributed by atoms with E-state index in [2.05, 4.69) is 28.2 Å². The van der Waals surface area contributed by atoms with Gasteiger partial charge in [-0.2, -0.15) is 0 Å². The Morgan fingerprint density at radius 1 is 1.42 bits per heavy atom. The van der Waals surface area contributed by atoms with Gasteiger partial charge in [-0.15, -0.1) is 0 Å². The predicted octanol–water partition coefficient (Wildman–Crippen LogP) is 3.12. The molecule has 0 radical (unpaired) electrons. The summed E-state index contributed by atoms with van der Waals surface area (Å²) in [4.78, 5) is 12.3. The molecule has 0 bridgehead atoms. The summed E-state index contributed by atoms with van der Waals surface area (Å²) < 4.78 is 0.782. The van der Waals surface area contributed by atoms with Crippen LogP contribution in [0.3, 0.4) is 0 Å². The first-order chi connectivity index (χ1) is 9.06. The number of rotatable bonds is 3. The second-order valence-electron chi connectivity index (χ2n) is 5.55. The van der Waals surface area contributed by atoms with Crippen molar-refractivity contribution in [2.24, 2.45) is 5.92 Å². The number of amides is 1. The number of benzene rings is 1. The molecule has 104 valence electrons. The Hall–Kier alpha value is -0.870. The van der Waals surface area contributed by atoms with Crippen molar-refractivity contribution < 1.29 is 9.90 Å². The second kappa shape index (κ2) is 6.06. The van der Waals surface area contributed by atoms with Crippen LogP contribution in [0.2, 0.25) is 0 Å². The molecule has 0 aromatic heterocycles. The van der Waals surface area contributed by atoms with Crippen LogP contribution in [0.5, 0.6) is 0 Å². The number of hydrogen-bond acceptors (Lipinski definition) is 2. The van der Waals surface area contributed by atoms with Gasteiger partial charge in [0, 0.05) is 4.47 Å². The van der Waals surface area contributed by atoms with Gasteiger partial charge in [0.25, 0.3) is 5.91 Å². The molecule has 1 amide bonds. The lowest BCUT2D eigenvalue weighted by atomic mass is 9.77. The van der Waals surface area contributed by atoms with Gasteiger partial charge < -0.3 is 10.4 Å². The largest absolute Gasteiger partial charge is 0.394 e. The molecule has 4 heteroatoms. The summed E-state index contributed by atoms with van der Waals surface area (Å²) in [6, 6.07) is 7.36. The molecule has 0 atom stereocenters. The van der Waals surface area contributed by atoms with Crippen LogP contribution in [-0.4, -0.2) is 23.2 Å². The van der Waals surface area contributed by atoms with Crippen molar-refractivity contribution in [3.63, 3.8) is 0 Å². The van der Waals surface area contributed by atoms with Crippen molar-refractivity contribution in [3.8, 4) is 0 Å². The van der Waals surface area contributed by atoms with Crippen LogP contribution in [0.4, 0.5) is 0 Å². The summed E-state index contributed by atoms with van der Waals surface area (Å²) in [6.07, 6.45) is 3.80. The number of halogens is 1. The Morgan fingerprint density at radius 3 is 2.63 bits per heavy atom. The topological polar surface area (TPSA) is 49.3 Å². The monoisotopic (exact) mass is 325 g/mol. The molecule has 1 saturated carbocycles. The van der Waals surface area contributed by atoms with Crippen LogP contribution in [0, 0.1) is 5.92 Å². The summed E-state index contributed by atoms with van der Waals surface area (Å²) in [5.74, 6) is 0.566. The third kappa shape index (κ3) is 3.37. The normalized spacial score (nSPS) is 27.0. The minimum atomic E-state index is -0.446. The van der Waals surface area contributed by atoms with E-state index < -0.39 is 5.54 Å². The number of nitrogens with one attached hydrogen (secondary N) is 1. The molecule has 1 aliphatic rings. The second-order valence-corrected chi connectivity index (χ2v) is 6.41. The van der Waals surface area contributed by atoms with Gasteiger partial charge in [0.05, 0.1) is 17.7 Å². The maximum Gasteiger partial charge on any atom is 0.252 e. The van der Waals surface area contributed by atoms with E-state index in [0.717, 1.165) is 30.2 Å². The molecular weight excluding hydrogens is 306 g/mol. The molecule has 1 aromatic carbocycles. The van der Waals surface area contributed by atoms with Crippen LogP contribution < -0.4 is 5.32 Å². The lowest BCUT2D eigenvalue weighted by Gasteiger charge is -2.38. The number of aliphatic hydroxyl groups excluding tert-OH is 1. The van der Waals surface area contributed by atoms with E-state index in [1.807, 2.05) is 18.2 Å². The van der Waals surface area contributed by atoms with Crippen molar-refractivity contribution in [3.05, 3.63) is 34.3 Å². The van der Waals surface area contributed by atoms with Gasteiger partial charge in [-0.1, -0.05) is 19.1 Å². The summed E-state index contributed by atoms with van der Waals surface area (Å²) >= 11 is 3.39. The molecule has 0 spiro atoms. The Labute approximate surface area is 122 Å². The third-order valence-corrected chi connectivity index (χ3v) is 4.72. The number of carbonyl (C=O) groups excluding carboxylic acids is 1. The van der Waals surface area contributed by atoms with E-state index in [1.165, 1.54) is 0 Å². The quantitative estimate of drug-likeness (QED) is 0.897. The number of carbonyl (C=O) groups is 1. The highest BCUT2D eigenvalue weighted by atomic mass is 79.9. The van der Waals surface area contributed by atoms with Crippen molar-refractivity contribution in [2.75, 3.05) is 6.61 Å². The molecule has 19 heavy (non-hydrogen) atoms. The molecule has 0 heterocycles. The first-order valence-electron chi connectivity index (χ1n) is 6.74. The lowest BCUT2D eigenvalue weighted by molar-refractivity contribution is 0.0716. The lowest BCUT2D eigenvalue weighted by Crippen LogP contribution is -2.53. The maximum absolute atomic E-state index is 12.3. The Balaban J connectivity index is 2.11. The minimum absolute atomic E-state index is 0.00983. The van der Waals surface area contributed by atoms with Gasteiger partial charge in [0.2, 0.25) is 0 Å². The fraction of sp³-hybridized carbons (Fsp3) is 0.533. The van der Waals surface area contributed by atoms with Crippen molar-refractivity contribution in [2.45, 2.75) is 38.1 Å². The molecule has 2 N–H and O–H groups in total. The van der Waals surface area contributed by atoms with Crippen LogP contribution >= 0.6 is 15.9 Å². The van der Waals surface area contributed by atoms with Gasteiger partial charge >= 0.3 is 0 Å². The van der Waals surface area contributed by atoms with Crippen LogP contribution in [0.15, 0.2) is 28.7 Å². The van der Waals surface area contributed by atoms with E-state index in [4.69, 9.17) is 0 Å². The van der Waals surface area contributed by atoms with E-state index in [9.17, 15) is 9.90 Å². The molecule has 3 nitrogen and oxygen atoms in total. The highest BCUT2D eigenvalue weighted by Gasteiger charge is 2.35. The van der Waals surface area contributed by atoms with Gasteiger partial charge in [-0.05, 0) is 59.7 Å². The van der Waals surface area contributed by atoms with E-state index in [1.54, 1.807) is 6.07 Å². The zero-order valence-corrected chi connectivity index (χ0v) is 12.7. The van der Waals surface area contributed by atoms with Gasteiger partial charge in [-0.25, -0.2) is 0 Å². The fourth-order valence-corrected chi connectivity index (χ4v) is 3.06. The van der Waals surface area contributed by atoms with Gasteiger partial charge in [0.1, 0.15) is 0 Å². The fourth-order valence-electron chi connectivity index (χ4n) is 2.59. The number of hydrogen-bond donors (Lipinski definition) is 2. The molecular formula is C15H20BrNO2. The Morgan fingerprint density at radius 2 is 2.05 bits per heavy atom. The smallest absolute Gasteiger partial charge is 0.252 e. The molecule has 1 aromatic rings. The third-order valence-electron chi connectivity index (χ3n) is 4.03. The molecule has 1 fully saturated rings. The highest BCUT2D eigenvalue weighted by Crippen LogP contribution is 2.32. The van der Waals surface area contributed by atoms with Crippen LogP contribution in [0.1, 0.15) is 43.0 Å². The maximum atomic E-state index is 12.3.